The lowest BCUT2D eigenvalue weighted by Gasteiger charge is -2.01. The number of anilines is 1. The second kappa shape index (κ2) is 4.73. The minimum atomic E-state index is -0.259. The Hall–Kier alpha value is -2.24. The zero-order valence-electron chi connectivity index (χ0n) is 9.49. The van der Waals surface area contributed by atoms with Crippen LogP contribution in [0.5, 0.6) is 0 Å². The monoisotopic (exact) mass is 234 g/mol. The number of furan rings is 1. The number of carbonyl (C=O) groups is 1. The number of hydrogen-bond donors (Lipinski definition) is 3. The van der Waals surface area contributed by atoms with Crippen molar-refractivity contribution < 1.29 is 9.21 Å². The maximum absolute atomic E-state index is 11.7. The first-order valence-corrected chi connectivity index (χ1v) is 5.35. The van der Waals surface area contributed by atoms with Crippen molar-refractivity contribution in [1.82, 2.24) is 15.5 Å². The number of amides is 1. The van der Waals surface area contributed by atoms with Gasteiger partial charge < -0.3 is 15.5 Å². The first-order chi connectivity index (χ1) is 8.20. The van der Waals surface area contributed by atoms with Crippen LogP contribution in [-0.4, -0.2) is 16.1 Å². The predicted octanol–water partition coefficient (Wildman–Crippen LogP) is 1.08. The van der Waals surface area contributed by atoms with Crippen LogP contribution in [0.15, 0.2) is 22.7 Å². The first-order valence-electron chi connectivity index (χ1n) is 5.35. The summed E-state index contributed by atoms with van der Waals surface area (Å²) in [5.74, 6) is 1.30. The Labute approximate surface area is 98.2 Å². The lowest BCUT2D eigenvalue weighted by atomic mass is 10.3. The van der Waals surface area contributed by atoms with Crippen LogP contribution in [0.2, 0.25) is 0 Å². The number of nitrogens with zero attached hydrogens (tertiary/aromatic N) is 1. The molecule has 2 heterocycles. The van der Waals surface area contributed by atoms with Gasteiger partial charge in [-0.15, -0.1) is 0 Å². The fourth-order valence-electron chi connectivity index (χ4n) is 1.41. The topological polar surface area (TPSA) is 96.9 Å². The van der Waals surface area contributed by atoms with E-state index in [2.05, 4.69) is 15.5 Å². The summed E-state index contributed by atoms with van der Waals surface area (Å²) in [6.07, 6.45) is 2.34. The Morgan fingerprint density at radius 3 is 3.00 bits per heavy atom. The maximum Gasteiger partial charge on any atom is 0.287 e. The van der Waals surface area contributed by atoms with Gasteiger partial charge in [-0.2, -0.15) is 5.10 Å². The highest BCUT2D eigenvalue weighted by Gasteiger charge is 2.11. The molecule has 0 atom stereocenters. The zero-order chi connectivity index (χ0) is 12.3. The highest BCUT2D eigenvalue weighted by Crippen LogP contribution is 2.09. The van der Waals surface area contributed by atoms with Crippen molar-refractivity contribution in [2.24, 2.45) is 0 Å². The van der Waals surface area contributed by atoms with Crippen molar-refractivity contribution in [2.45, 2.75) is 19.9 Å². The molecule has 6 heteroatoms. The second-order valence-corrected chi connectivity index (χ2v) is 3.61. The SMILES string of the molecule is CCc1ccc(C(=O)NCc2cn[nH]c2N)o1. The third-order valence-corrected chi connectivity index (χ3v) is 2.42. The van der Waals surface area contributed by atoms with Crippen molar-refractivity contribution in [1.29, 1.82) is 0 Å². The Bertz CT molecular complexity index is 515. The summed E-state index contributed by atoms with van der Waals surface area (Å²) in [5, 5.41) is 9.07. The summed E-state index contributed by atoms with van der Waals surface area (Å²) in [6.45, 7) is 2.29. The van der Waals surface area contributed by atoms with Crippen molar-refractivity contribution >= 4 is 11.7 Å². The summed E-state index contributed by atoms with van der Waals surface area (Å²) in [5.41, 5.74) is 6.35. The van der Waals surface area contributed by atoms with Gasteiger partial charge in [0.15, 0.2) is 5.76 Å². The fourth-order valence-corrected chi connectivity index (χ4v) is 1.41. The summed E-state index contributed by atoms with van der Waals surface area (Å²) in [4.78, 5) is 11.7. The molecule has 0 saturated heterocycles. The fraction of sp³-hybridized carbons (Fsp3) is 0.273. The van der Waals surface area contributed by atoms with Gasteiger partial charge >= 0.3 is 0 Å². The van der Waals surface area contributed by atoms with Gasteiger partial charge in [-0.25, -0.2) is 0 Å². The molecule has 0 bridgehead atoms. The van der Waals surface area contributed by atoms with Gasteiger partial charge in [0.05, 0.1) is 6.20 Å². The number of carbonyl (C=O) groups excluding carboxylic acids is 1. The number of nitrogens with two attached hydrogens (primary N) is 1. The molecule has 2 rings (SSSR count). The van der Waals surface area contributed by atoms with Crippen LogP contribution in [-0.2, 0) is 13.0 Å². The lowest BCUT2D eigenvalue weighted by Crippen LogP contribution is -2.22. The quantitative estimate of drug-likeness (QED) is 0.737. The molecule has 6 nitrogen and oxygen atoms in total. The number of hydrogen-bond acceptors (Lipinski definition) is 4. The van der Waals surface area contributed by atoms with E-state index in [9.17, 15) is 4.79 Å². The molecule has 90 valence electrons. The lowest BCUT2D eigenvalue weighted by molar-refractivity contribution is 0.0921. The molecule has 0 spiro atoms. The summed E-state index contributed by atoms with van der Waals surface area (Å²) in [6, 6.07) is 3.45. The van der Waals surface area contributed by atoms with E-state index >= 15 is 0 Å². The smallest absolute Gasteiger partial charge is 0.287 e. The minimum absolute atomic E-state index is 0.259. The van der Waals surface area contributed by atoms with Crippen molar-refractivity contribution in [2.75, 3.05) is 5.73 Å². The zero-order valence-corrected chi connectivity index (χ0v) is 9.49. The van der Waals surface area contributed by atoms with Crippen molar-refractivity contribution in [3.8, 4) is 0 Å². The Morgan fingerprint density at radius 2 is 2.41 bits per heavy atom. The number of nitrogens with one attached hydrogen (secondary N) is 2. The van der Waals surface area contributed by atoms with Crippen LogP contribution in [0.25, 0.3) is 0 Å². The number of rotatable bonds is 4. The van der Waals surface area contributed by atoms with E-state index in [0.717, 1.165) is 17.7 Å². The summed E-state index contributed by atoms with van der Waals surface area (Å²) in [7, 11) is 0. The van der Waals surface area contributed by atoms with Gasteiger partial charge in [0.25, 0.3) is 5.91 Å². The van der Waals surface area contributed by atoms with Crippen molar-refractivity contribution in [3.05, 3.63) is 35.4 Å². The second-order valence-electron chi connectivity index (χ2n) is 3.61. The molecule has 0 saturated carbocycles. The number of aromatic nitrogens is 2. The minimum Gasteiger partial charge on any atom is -0.456 e. The molecule has 2 aromatic rings. The standard InChI is InChI=1S/C11H14N4O2/c1-2-8-3-4-9(17-8)11(16)13-5-7-6-14-15-10(7)12/h3-4,6H,2,5H2,1H3,(H,13,16)(H3,12,14,15). The molecule has 17 heavy (non-hydrogen) atoms. The van der Waals surface area contributed by atoms with Crippen LogP contribution in [0.3, 0.4) is 0 Å². The molecule has 0 aliphatic rings. The molecule has 0 radical (unpaired) electrons. The Morgan fingerprint density at radius 1 is 1.59 bits per heavy atom. The molecular formula is C11H14N4O2. The van der Waals surface area contributed by atoms with E-state index in [1.54, 1.807) is 18.3 Å². The molecule has 0 aliphatic heterocycles. The van der Waals surface area contributed by atoms with E-state index in [1.807, 2.05) is 6.92 Å². The summed E-state index contributed by atoms with van der Waals surface area (Å²) >= 11 is 0. The molecule has 0 aliphatic carbocycles. The Kier molecular flexibility index (Phi) is 3.13. The van der Waals surface area contributed by atoms with Crippen LogP contribution < -0.4 is 11.1 Å². The number of aromatic amines is 1. The van der Waals surface area contributed by atoms with Crippen molar-refractivity contribution in [3.63, 3.8) is 0 Å². The van der Waals surface area contributed by atoms with E-state index in [0.29, 0.717) is 18.1 Å². The Balaban J connectivity index is 1.95. The van der Waals surface area contributed by atoms with E-state index < -0.39 is 0 Å². The largest absolute Gasteiger partial charge is 0.456 e. The average Bonchev–Trinajstić information content (AvgIpc) is 2.94. The third-order valence-electron chi connectivity index (χ3n) is 2.42. The molecule has 0 aromatic carbocycles. The van der Waals surface area contributed by atoms with Gasteiger partial charge in [0.1, 0.15) is 11.6 Å². The van der Waals surface area contributed by atoms with E-state index in [4.69, 9.17) is 10.2 Å². The first kappa shape index (κ1) is 11.3. The molecule has 1 amide bonds. The average molecular weight is 234 g/mol. The molecule has 2 aromatic heterocycles. The predicted molar refractivity (Wildman–Crippen MR) is 62.3 cm³/mol. The molecule has 4 N–H and O–H groups in total. The van der Waals surface area contributed by atoms with Crippen LogP contribution in [0, 0.1) is 0 Å². The van der Waals surface area contributed by atoms with E-state index in [-0.39, 0.29) is 5.91 Å². The van der Waals surface area contributed by atoms with Gasteiger partial charge in [0.2, 0.25) is 0 Å². The number of H-pyrrole nitrogens is 1. The molecule has 0 fully saturated rings. The summed E-state index contributed by atoms with van der Waals surface area (Å²) < 4.78 is 5.33. The van der Waals surface area contributed by atoms with Crippen LogP contribution in [0.1, 0.15) is 28.8 Å². The van der Waals surface area contributed by atoms with Gasteiger partial charge in [-0.05, 0) is 12.1 Å². The third kappa shape index (κ3) is 2.47. The normalized spacial score (nSPS) is 10.4. The number of aryl methyl sites for hydroxylation is 1. The highest BCUT2D eigenvalue weighted by molar-refractivity contribution is 5.91. The molecular weight excluding hydrogens is 220 g/mol. The maximum atomic E-state index is 11.7. The van der Waals surface area contributed by atoms with Crippen LogP contribution >= 0.6 is 0 Å². The highest BCUT2D eigenvalue weighted by atomic mass is 16.3. The van der Waals surface area contributed by atoms with E-state index in [1.165, 1.54) is 0 Å². The van der Waals surface area contributed by atoms with Crippen LogP contribution in [0.4, 0.5) is 5.82 Å². The molecule has 0 unspecified atom stereocenters. The number of nitrogen functional groups attached to an aromatic ring is 1. The van der Waals surface area contributed by atoms with Gasteiger partial charge in [-0.1, -0.05) is 6.92 Å². The van der Waals surface area contributed by atoms with Gasteiger partial charge in [0, 0.05) is 18.5 Å². The van der Waals surface area contributed by atoms with Gasteiger partial charge in [-0.3, -0.25) is 9.89 Å².